The predicted octanol–water partition coefficient (Wildman–Crippen LogP) is 4.20. The number of amides is 1. The van der Waals surface area contributed by atoms with Crippen molar-refractivity contribution in [2.24, 2.45) is 0 Å². The van der Waals surface area contributed by atoms with Crippen LogP contribution in [0.25, 0.3) is 0 Å². The second-order valence-corrected chi connectivity index (χ2v) is 5.88. The molecular formula is C15H11ClINO3. The van der Waals surface area contributed by atoms with E-state index in [2.05, 4.69) is 27.9 Å². The number of aromatic carboxylic acids is 1. The highest BCUT2D eigenvalue weighted by molar-refractivity contribution is 14.1. The summed E-state index contributed by atoms with van der Waals surface area (Å²) in [5.74, 6) is -1.40. The maximum Gasteiger partial charge on any atom is 0.335 e. The molecular weight excluding hydrogens is 405 g/mol. The number of carboxylic acid groups (broad SMARTS) is 1. The molecule has 1 amide bonds. The quantitative estimate of drug-likeness (QED) is 0.738. The molecule has 2 N–H and O–H groups in total. The van der Waals surface area contributed by atoms with Crippen molar-refractivity contribution in [2.45, 2.75) is 6.92 Å². The summed E-state index contributed by atoms with van der Waals surface area (Å²) in [4.78, 5) is 23.3. The number of benzene rings is 2. The topological polar surface area (TPSA) is 66.4 Å². The van der Waals surface area contributed by atoms with Gasteiger partial charge in [0.25, 0.3) is 5.91 Å². The molecule has 0 aromatic heterocycles. The van der Waals surface area contributed by atoms with Crippen molar-refractivity contribution < 1.29 is 14.7 Å². The van der Waals surface area contributed by atoms with E-state index in [0.29, 0.717) is 5.56 Å². The molecule has 0 bridgehead atoms. The number of hydrogen-bond donors (Lipinski definition) is 2. The zero-order chi connectivity index (χ0) is 15.6. The highest BCUT2D eigenvalue weighted by Crippen LogP contribution is 2.25. The Morgan fingerprint density at radius 2 is 1.95 bits per heavy atom. The molecule has 0 atom stereocenters. The van der Waals surface area contributed by atoms with Gasteiger partial charge in [-0.3, -0.25) is 4.79 Å². The van der Waals surface area contributed by atoms with E-state index in [9.17, 15) is 9.59 Å². The van der Waals surface area contributed by atoms with Gasteiger partial charge in [-0.15, -0.1) is 0 Å². The number of hydrogen-bond acceptors (Lipinski definition) is 2. The Morgan fingerprint density at radius 3 is 2.62 bits per heavy atom. The van der Waals surface area contributed by atoms with Crippen molar-refractivity contribution >= 4 is 51.8 Å². The Bertz CT molecular complexity index is 731. The van der Waals surface area contributed by atoms with Crippen LogP contribution in [0.15, 0.2) is 36.4 Å². The summed E-state index contributed by atoms with van der Waals surface area (Å²) < 4.78 is 0.845. The minimum atomic E-state index is -1.08. The molecule has 0 radical (unpaired) electrons. The zero-order valence-electron chi connectivity index (χ0n) is 11.0. The lowest BCUT2D eigenvalue weighted by Gasteiger charge is -2.10. The average Bonchev–Trinajstić information content (AvgIpc) is 2.43. The van der Waals surface area contributed by atoms with Gasteiger partial charge in [-0.05, 0) is 59.3 Å². The molecule has 0 heterocycles. The van der Waals surface area contributed by atoms with Gasteiger partial charge in [0.05, 0.1) is 21.8 Å². The van der Waals surface area contributed by atoms with Crippen LogP contribution >= 0.6 is 34.2 Å². The number of halogens is 2. The van der Waals surface area contributed by atoms with Crippen LogP contribution in [0.4, 0.5) is 5.69 Å². The zero-order valence-corrected chi connectivity index (χ0v) is 13.9. The third-order valence-corrected chi connectivity index (χ3v) is 4.66. The fraction of sp³-hybridized carbons (Fsp3) is 0.0667. The van der Waals surface area contributed by atoms with Crippen LogP contribution in [-0.4, -0.2) is 17.0 Å². The highest BCUT2D eigenvalue weighted by atomic mass is 127. The lowest BCUT2D eigenvalue weighted by molar-refractivity contribution is 0.0696. The van der Waals surface area contributed by atoms with Gasteiger partial charge in [0, 0.05) is 3.57 Å². The summed E-state index contributed by atoms with van der Waals surface area (Å²) in [7, 11) is 0. The second-order valence-electron chi connectivity index (χ2n) is 4.39. The summed E-state index contributed by atoms with van der Waals surface area (Å²) >= 11 is 8.09. The van der Waals surface area contributed by atoms with E-state index in [1.54, 1.807) is 12.1 Å². The monoisotopic (exact) mass is 415 g/mol. The van der Waals surface area contributed by atoms with Crippen molar-refractivity contribution in [3.05, 3.63) is 61.7 Å². The number of carbonyl (C=O) groups is 2. The molecule has 0 saturated carbocycles. The summed E-state index contributed by atoms with van der Waals surface area (Å²) in [6, 6.07) is 9.58. The van der Waals surface area contributed by atoms with E-state index >= 15 is 0 Å². The summed E-state index contributed by atoms with van der Waals surface area (Å²) in [5, 5.41) is 11.9. The van der Waals surface area contributed by atoms with E-state index < -0.39 is 5.97 Å². The maximum atomic E-state index is 12.3. The van der Waals surface area contributed by atoms with Crippen LogP contribution in [0.1, 0.15) is 26.3 Å². The van der Waals surface area contributed by atoms with Crippen molar-refractivity contribution in [2.75, 3.05) is 5.32 Å². The van der Waals surface area contributed by atoms with Crippen molar-refractivity contribution in [3.63, 3.8) is 0 Å². The van der Waals surface area contributed by atoms with Gasteiger partial charge >= 0.3 is 5.97 Å². The molecule has 0 unspecified atom stereocenters. The molecule has 4 nitrogen and oxygen atoms in total. The first-order valence-electron chi connectivity index (χ1n) is 5.99. The number of anilines is 1. The fourth-order valence-corrected chi connectivity index (χ4v) is 2.54. The Hall–Kier alpha value is -1.60. The van der Waals surface area contributed by atoms with Gasteiger partial charge in [0.15, 0.2) is 0 Å². The molecule has 2 aromatic carbocycles. The first-order chi connectivity index (χ1) is 9.90. The Kier molecular flexibility index (Phi) is 4.84. The molecule has 108 valence electrons. The highest BCUT2D eigenvalue weighted by Gasteiger charge is 2.14. The summed E-state index contributed by atoms with van der Waals surface area (Å²) in [6.45, 7) is 1.91. The predicted molar refractivity (Wildman–Crippen MR) is 90.3 cm³/mol. The third-order valence-electron chi connectivity index (χ3n) is 2.90. The van der Waals surface area contributed by atoms with Crippen LogP contribution in [0.3, 0.4) is 0 Å². The van der Waals surface area contributed by atoms with E-state index in [4.69, 9.17) is 16.7 Å². The average molecular weight is 416 g/mol. The minimum absolute atomic E-state index is 0.0636. The summed E-state index contributed by atoms with van der Waals surface area (Å²) in [6.07, 6.45) is 0. The van der Waals surface area contributed by atoms with Gasteiger partial charge in [-0.25, -0.2) is 4.79 Å². The van der Waals surface area contributed by atoms with Gasteiger partial charge in [-0.2, -0.15) is 0 Å². The Morgan fingerprint density at radius 1 is 1.24 bits per heavy atom. The minimum Gasteiger partial charge on any atom is -0.478 e. The van der Waals surface area contributed by atoms with E-state index in [0.717, 1.165) is 9.13 Å². The molecule has 6 heteroatoms. The number of rotatable bonds is 3. The third kappa shape index (κ3) is 3.54. The molecule has 0 aliphatic rings. The van der Waals surface area contributed by atoms with E-state index in [-0.39, 0.29) is 22.2 Å². The molecule has 0 spiro atoms. The molecule has 2 rings (SSSR count). The van der Waals surface area contributed by atoms with Crippen LogP contribution in [0, 0.1) is 10.5 Å². The van der Waals surface area contributed by atoms with Gasteiger partial charge in [0.1, 0.15) is 0 Å². The van der Waals surface area contributed by atoms with E-state index in [1.807, 2.05) is 13.0 Å². The first kappa shape index (κ1) is 15.8. The van der Waals surface area contributed by atoms with E-state index in [1.165, 1.54) is 18.2 Å². The Labute approximate surface area is 140 Å². The lowest BCUT2D eigenvalue weighted by Crippen LogP contribution is -2.14. The second kappa shape index (κ2) is 6.44. The molecule has 0 aliphatic carbocycles. The number of carboxylic acids is 1. The van der Waals surface area contributed by atoms with Crippen molar-refractivity contribution in [1.29, 1.82) is 0 Å². The van der Waals surface area contributed by atoms with Crippen LogP contribution in [-0.2, 0) is 0 Å². The van der Waals surface area contributed by atoms with Gasteiger partial charge < -0.3 is 10.4 Å². The van der Waals surface area contributed by atoms with Gasteiger partial charge in [-0.1, -0.05) is 23.7 Å². The lowest BCUT2D eigenvalue weighted by atomic mass is 10.1. The Balaban J connectivity index is 2.33. The molecule has 2 aromatic rings. The first-order valence-corrected chi connectivity index (χ1v) is 7.45. The SMILES string of the molecule is Cc1cccc(C(=O)Nc2cc(C(=O)O)ccc2Cl)c1I. The van der Waals surface area contributed by atoms with Crippen LogP contribution in [0.5, 0.6) is 0 Å². The number of nitrogens with one attached hydrogen (secondary N) is 1. The molecule has 0 fully saturated rings. The normalized spacial score (nSPS) is 10.2. The molecule has 0 saturated heterocycles. The van der Waals surface area contributed by atoms with Crippen LogP contribution < -0.4 is 5.32 Å². The van der Waals surface area contributed by atoms with Crippen molar-refractivity contribution in [1.82, 2.24) is 0 Å². The molecule has 21 heavy (non-hydrogen) atoms. The number of aryl methyl sites for hydroxylation is 1. The summed E-state index contributed by atoms with van der Waals surface area (Å²) in [5.41, 5.74) is 1.86. The van der Waals surface area contributed by atoms with Crippen molar-refractivity contribution in [3.8, 4) is 0 Å². The number of carbonyl (C=O) groups excluding carboxylic acids is 1. The largest absolute Gasteiger partial charge is 0.478 e. The van der Waals surface area contributed by atoms with Crippen LogP contribution in [0.2, 0.25) is 5.02 Å². The standard InChI is InChI=1S/C15H11ClINO3/c1-8-3-2-4-10(13(8)17)14(19)18-12-7-9(15(20)21)5-6-11(12)16/h2-7H,1H3,(H,18,19)(H,20,21). The van der Waals surface area contributed by atoms with Gasteiger partial charge in [0.2, 0.25) is 0 Å². The smallest absolute Gasteiger partial charge is 0.335 e. The fourth-order valence-electron chi connectivity index (χ4n) is 1.77. The molecule has 0 aliphatic heterocycles. The maximum absolute atomic E-state index is 12.3.